The standard InChI is InChI=1S/C15H15ClN2O3S/c1-20-13(19)11-12(16)17-14(22-11)18-8-15(9-18,21-2)10-6-4-3-5-7-10/h3-7H,8-9H2,1-2H3. The second kappa shape index (κ2) is 5.87. The third kappa shape index (κ3) is 2.47. The van der Waals surface area contributed by atoms with Gasteiger partial charge in [-0.2, -0.15) is 0 Å². The van der Waals surface area contributed by atoms with Crippen LogP contribution in [0.1, 0.15) is 15.2 Å². The number of hydrogen-bond donors (Lipinski definition) is 0. The maximum Gasteiger partial charge on any atom is 0.351 e. The Bertz CT molecular complexity index is 683. The number of carbonyl (C=O) groups is 1. The van der Waals surface area contributed by atoms with Crippen LogP contribution in [0.2, 0.25) is 5.15 Å². The second-order valence-corrected chi connectivity index (χ2v) is 6.36. The number of ether oxygens (including phenoxy) is 2. The maximum absolute atomic E-state index is 11.6. The first-order valence-electron chi connectivity index (χ1n) is 6.70. The number of methoxy groups -OCH3 is 2. The molecular weight excluding hydrogens is 324 g/mol. The van der Waals surface area contributed by atoms with Crippen molar-refractivity contribution in [1.29, 1.82) is 0 Å². The minimum atomic E-state index is -0.463. The monoisotopic (exact) mass is 338 g/mol. The molecule has 0 unspecified atom stereocenters. The molecule has 7 heteroatoms. The number of halogens is 1. The van der Waals surface area contributed by atoms with E-state index in [1.165, 1.54) is 18.4 Å². The van der Waals surface area contributed by atoms with E-state index in [1.807, 2.05) is 23.1 Å². The van der Waals surface area contributed by atoms with Gasteiger partial charge < -0.3 is 14.4 Å². The Morgan fingerprint density at radius 2 is 2.00 bits per heavy atom. The summed E-state index contributed by atoms with van der Waals surface area (Å²) < 4.78 is 10.4. The zero-order valence-electron chi connectivity index (χ0n) is 12.2. The molecular formula is C15H15ClN2O3S. The third-order valence-corrected chi connectivity index (χ3v) is 5.28. The molecule has 1 aromatic heterocycles. The molecule has 1 aliphatic heterocycles. The fourth-order valence-electron chi connectivity index (χ4n) is 2.52. The molecule has 0 atom stereocenters. The predicted octanol–water partition coefficient (Wildman–Crippen LogP) is 2.95. The molecule has 2 aromatic rings. The zero-order chi connectivity index (χ0) is 15.7. The van der Waals surface area contributed by atoms with E-state index >= 15 is 0 Å². The predicted molar refractivity (Wildman–Crippen MR) is 85.8 cm³/mol. The Hall–Kier alpha value is -1.63. The van der Waals surface area contributed by atoms with Gasteiger partial charge in [-0.15, -0.1) is 0 Å². The van der Waals surface area contributed by atoms with Crippen LogP contribution in [0.4, 0.5) is 5.13 Å². The van der Waals surface area contributed by atoms with Crippen LogP contribution in [0.25, 0.3) is 0 Å². The molecule has 5 nitrogen and oxygen atoms in total. The highest BCUT2D eigenvalue weighted by atomic mass is 35.5. The number of thiazole rings is 1. The van der Waals surface area contributed by atoms with Crippen LogP contribution in [0, 0.1) is 0 Å². The minimum absolute atomic E-state index is 0.182. The lowest BCUT2D eigenvalue weighted by Crippen LogP contribution is -2.60. The van der Waals surface area contributed by atoms with Gasteiger partial charge in [-0.05, 0) is 5.56 Å². The van der Waals surface area contributed by atoms with E-state index < -0.39 is 5.97 Å². The number of rotatable bonds is 4. The summed E-state index contributed by atoms with van der Waals surface area (Å²) in [6.07, 6.45) is 0. The molecule has 0 N–H and O–H groups in total. The van der Waals surface area contributed by atoms with Gasteiger partial charge in [-0.3, -0.25) is 0 Å². The molecule has 1 aromatic carbocycles. The van der Waals surface area contributed by atoms with Crippen LogP contribution in [0.15, 0.2) is 30.3 Å². The first-order chi connectivity index (χ1) is 10.6. The summed E-state index contributed by atoms with van der Waals surface area (Å²) >= 11 is 7.24. The van der Waals surface area contributed by atoms with E-state index in [0.717, 1.165) is 5.56 Å². The summed E-state index contributed by atoms with van der Waals surface area (Å²) in [7, 11) is 3.03. The van der Waals surface area contributed by atoms with Crippen LogP contribution in [-0.2, 0) is 15.1 Å². The van der Waals surface area contributed by atoms with Crippen LogP contribution in [0.5, 0.6) is 0 Å². The number of esters is 1. The Balaban J connectivity index is 1.79. The Morgan fingerprint density at radius 1 is 1.32 bits per heavy atom. The van der Waals surface area contributed by atoms with E-state index in [4.69, 9.17) is 21.1 Å². The highest BCUT2D eigenvalue weighted by molar-refractivity contribution is 7.18. The molecule has 116 valence electrons. The molecule has 1 fully saturated rings. The van der Waals surface area contributed by atoms with Crippen molar-refractivity contribution in [2.75, 3.05) is 32.2 Å². The van der Waals surface area contributed by atoms with E-state index in [0.29, 0.717) is 23.1 Å². The highest BCUT2D eigenvalue weighted by Gasteiger charge is 2.46. The molecule has 0 saturated carbocycles. The summed E-state index contributed by atoms with van der Waals surface area (Å²) in [5.41, 5.74) is 0.787. The largest absolute Gasteiger partial charge is 0.465 e. The van der Waals surface area contributed by atoms with E-state index in [9.17, 15) is 4.79 Å². The van der Waals surface area contributed by atoms with Crippen molar-refractivity contribution in [3.8, 4) is 0 Å². The number of aromatic nitrogens is 1. The second-order valence-electron chi connectivity index (χ2n) is 5.03. The third-order valence-electron chi connectivity index (χ3n) is 3.80. The minimum Gasteiger partial charge on any atom is -0.465 e. The number of benzene rings is 1. The summed E-state index contributed by atoms with van der Waals surface area (Å²) in [5, 5.41) is 0.885. The molecule has 0 spiro atoms. The van der Waals surface area contributed by atoms with Gasteiger partial charge in [-0.1, -0.05) is 53.3 Å². The molecule has 1 aliphatic rings. The fraction of sp³-hybridized carbons (Fsp3) is 0.333. The lowest BCUT2D eigenvalue weighted by Gasteiger charge is -2.49. The Kier molecular flexibility index (Phi) is 4.08. The summed E-state index contributed by atoms with van der Waals surface area (Å²) in [6.45, 7) is 1.33. The van der Waals surface area contributed by atoms with Gasteiger partial charge >= 0.3 is 5.97 Å². The van der Waals surface area contributed by atoms with Gasteiger partial charge in [0.15, 0.2) is 15.2 Å². The SMILES string of the molecule is COC(=O)c1sc(N2CC(OC)(c3ccccc3)C2)nc1Cl. The topological polar surface area (TPSA) is 51.7 Å². The number of anilines is 1. The average molecular weight is 339 g/mol. The fourth-order valence-corrected chi connectivity index (χ4v) is 3.72. The Labute approximate surface area is 137 Å². The molecule has 0 aliphatic carbocycles. The van der Waals surface area contributed by atoms with Gasteiger partial charge in [0, 0.05) is 7.11 Å². The van der Waals surface area contributed by atoms with Crippen molar-refractivity contribution in [3.63, 3.8) is 0 Å². The van der Waals surface area contributed by atoms with Crippen molar-refractivity contribution in [2.24, 2.45) is 0 Å². The van der Waals surface area contributed by atoms with E-state index in [-0.39, 0.29) is 10.8 Å². The van der Waals surface area contributed by atoms with Crippen molar-refractivity contribution >= 4 is 34.0 Å². The Morgan fingerprint density at radius 3 is 2.59 bits per heavy atom. The van der Waals surface area contributed by atoms with Gasteiger partial charge in [0.05, 0.1) is 20.2 Å². The first kappa shape index (κ1) is 15.3. The molecule has 0 bridgehead atoms. The van der Waals surface area contributed by atoms with Crippen molar-refractivity contribution in [2.45, 2.75) is 5.60 Å². The van der Waals surface area contributed by atoms with Gasteiger partial charge in [0.25, 0.3) is 0 Å². The lowest BCUT2D eigenvalue weighted by atomic mass is 9.86. The van der Waals surface area contributed by atoms with Gasteiger partial charge in [0.2, 0.25) is 0 Å². The molecule has 2 heterocycles. The number of hydrogen-bond acceptors (Lipinski definition) is 6. The smallest absolute Gasteiger partial charge is 0.351 e. The quantitative estimate of drug-likeness (QED) is 0.802. The number of nitrogens with zero attached hydrogens (tertiary/aromatic N) is 2. The van der Waals surface area contributed by atoms with Crippen LogP contribution >= 0.6 is 22.9 Å². The molecule has 0 radical (unpaired) electrons. The number of carbonyl (C=O) groups excluding carboxylic acids is 1. The van der Waals surface area contributed by atoms with E-state index in [2.05, 4.69) is 17.1 Å². The van der Waals surface area contributed by atoms with Crippen LogP contribution < -0.4 is 4.90 Å². The van der Waals surface area contributed by atoms with Crippen LogP contribution in [-0.4, -0.2) is 38.3 Å². The molecule has 22 heavy (non-hydrogen) atoms. The van der Waals surface area contributed by atoms with E-state index in [1.54, 1.807) is 7.11 Å². The van der Waals surface area contributed by atoms with Crippen molar-refractivity contribution in [1.82, 2.24) is 4.98 Å². The molecule has 0 amide bonds. The molecule has 3 rings (SSSR count). The van der Waals surface area contributed by atoms with Crippen LogP contribution in [0.3, 0.4) is 0 Å². The normalized spacial score (nSPS) is 16.2. The summed E-state index contributed by atoms with van der Waals surface area (Å²) in [6, 6.07) is 10.1. The van der Waals surface area contributed by atoms with Crippen molar-refractivity contribution in [3.05, 3.63) is 45.9 Å². The molecule has 1 saturated heterocycles. The zero-order valence-corrected chi connectivity index (χ0v) is 13.8. The van der Waals surface area contributed by atoms with Crippen molar-refractivity contribution < 1.29 is 14.3 Å². The summed E-state index contributed by atoms with van der Waals surface area (Å²) in [4.78, 5) is 18.2. The highest BCUT2D eigenvalue weighted by Crippen LogP contribution is 2.41. The lowest BCUT2D eigenvalue weighted by molar-refractivity contribution is -0.0382. The first-order valence-corrected chi connectivity index (χ1v) is 7.89. The van der Waals surface area contributed by atoms with Gasteiger partial charge in [-0.25, -0.2) is 9.78 Å². The maximum atomic E-state index is 11.6. The summed E-state index contributed by atoms with van der Waals surface area (Å²) in [5.74, 6) is -0.463. The van der Waals surface area contributed by atoms with Gasteiger partial charge in [0.1, 0.15) is 5.60 Å². The average Bonchev–Trinajstić information content (AvgIpc) is 2.89.